The van der Waals surface area contributed by atoms with Crippen LogP contribution in [0.15, 0.2) is 11.4 Å². The van der Waals surface area contributed by atoms with E-state index in [4.69, 9.17) is 0 Å². The average molecular weight is 197 g/mol. The maximum absolute atomic E-state index is 4.17. The molecular weight excluding hydrogens is 182 g/mol. The molecule has 1 aromatic rings. The Bertz CT molecular complexity index is 263. The van der Waals surface area contributed by atoms with Gasteiger partial charge in [0.1, 0.15) is 0 Å². The molecule has 0 aromatic carbocycles. The van der Waals surface area contributed by atoms with Crippen molar-refractivity contribution in [3.63, 3.8) is 0 Å². The van der Waals surface area contributed by atoms with E-state index < -0.39 is 0 Å². The second kappa shape index (κ2) is 4.05. The molecule has 0 saturated carbocycles. The van der Waals surface area contributed by atoms with Gasteiger partial charge in [-0.2, -0.15) is 5.10 Å². The molecule has 72 valence electrons. The van der Waals surface area contributed by atoms with Crippen LogP contribution in [0.4, 0.5) is 0 Å². The Balaban J connectivity index is 2.70. The SMILES string of the molecule is CSc1ncc(CC(C)(C)C)nn1. The summed E-state index contributed by atoms with van der Waals surface area (Å²) in [4.78, 5) is 4.17. The maximum atomic E-state index is 4.17. The third kappa shape index (κ3) is 3.72. The van der Waals surface area contributed by atoms with Crippen molar-refractivity contribution >= 4 is 11.8 Å². The van der Waals surface area contributed by atoms with E-state index >= 15 is 0 Å². The molecule has 0 unspecified atom stereocenters. The molecule has 0 spiro atoms. The Hall–Kier alpha value is -0.640. The highest BCUT2D eigenvalue weighted by molar-refractivity contribution is 7.98. The number of rotatable bonds is 2. The summed E-state index contributed by atoms with van der Waals surface area (Å²) in [5.41, 5.74) is 1.21. The largest absolute Gasteiger partial charge is 0.228 e. The predicted octanol–water partition coefficient (Wildman–Crippen LogP) is 2.18. The van der Waals surface area contributed by atoms with Crippen LogP contribution in [0.2, 0.25) is 0 Å². The van der Waals surface area contributed by atoms with Crippen molar-refractivity contribution in [2.45, 2.75) is 32.3 Å². The van der Waals surface area contributed by atoms with Gasteiger partial charge >= 0.3 is 0 Å². The van der Waals surface area contributed by atoms with Crippen LogP contribution in [-0.2, 0) is 6.42 Å². The Morgan fingerprint density at radius 3 is 2.38 bits per heavy atom. The van der Waals surface area contributed by atoms with Crippen LogP contribution in [0, 0.1) is 5.41 Å². The van der Waals surface area contributed by atoms with Crippen molar-refractivity contribution in [1.29, 1.82) is 0 Å². The van der Waals surface area contributed by atoms with E-state index in [1.807, 2.05) is 12.5 Å². The van der Waals surface area contributed by atoms with E-state index in [2.05, 4.69) is 36.0 Å². The number of aromatic nitrogens is 3. The van der Waals surface area contributed by atoms with E-state index in [-0.39, 0.29) is 5.41 Å². The van der Waals surface area contributed by atoms with Gasteiger partial charge in [0.2, 0.25) is 5.16 Å². The first-order valence-electron chi connectivity index (χ1n) is 4.24. The van der Waals surface area contributed by atoms with Gasteiger partial charge in [0.15, 0.2) is 0 Å². The van der Waals surface area contributed by atoms with Gasteiger partial charge in [-0.25, -0.2) is 4.98 Å². The van der Waals surface area contributed by atoms with Gasteiger partial charge in [-0.3, -0.25) is 0 Å². The second-order valence-electron chi connectivity index (χ2n) is 4.17. The highest BCUT2D eigenvalue weighted by Gasteiger charge is 2.12. The van der Waals surface area contributed by atoms with Crippen LogP contribution in [-0.4, -0.2) is 21.4 Å². The standard InChI is InChI=1S/C9H15N3S/c1-9(2,3)5-7-6-10-8(13-4)12-11-7/h6H,5H2,1-4H3. The van der Waals surface area contributed by atoms with Gasteiger partial charge in [-0.05, 0) is 18.1 Å². The highest BCUT2D eigenvalue weighted by Crippen LogP contribution is 2.18. The second-order valence-corrected chi connectivity index (χ2v) is 4.95. The minimum atomic E-state index is 0.247. The third-order valence-corrected chi connectivity index (χ3v) is 2.03. The molecule has 3 nitrogen and oxygen atoms in total. The summed E-state index contributed by atoms with van der Waals surface area (Å²) in [7, 11) is 0. The Morgan fingerprint density at radius 2 is 2.00 bits per heavy atom. The summed E-state index contributed by atoms with van der Waals surface area (Å²) in [5.74, 6) is 0. The molecular formula is C9H15N3S. The molecule has 4 heteroatoms. The maximum Gasteiger partial charge on any atom is 0.208 e. The molecule has 0 saturated heterocycles. The molecule has 0 N–H and O–H groups in total. The fourth-order valence-electron chi connectivity index (χ4n) is 1.01. The lowest BCUT2D eigenvalue weighted by Gasteiger charge is -2.16. The molecule has 0 atom stereocenters. The van der Waals surface area contributed by atoms with E-state index in [1.165, 1.54) is 11.8 Å². The van der Waals surface area contributed by atoms with Crippen LogP contribution < -0.4 is 0 Å². The van der Waals surface area contributed by atoms with E-state index in [0.29, 0.717) is 0 Å². The third-order valence-electron chi connectivity index (χ3n) is 1.48. The first kappa shape index (κ1) is 10.4. The number of hydrogen-bond acceptors (Lipinski definition) is 4. The topological polar surface area (TPSA) is 38.7 Å². The van der Waals surface area contributed by atoms with Gasteiger partial charge in [-0.1, -0.05) is 32.5 Å². The van der Waals surface area contributed by atoms with Crippen LogP contribution in [0.5, 0.6) is 0 Å². The Labute approximate surface area is 83.4 Å². The van der Waals surface area contributed by atoms with Crippen molar-refractivity contribution < 1.29 is 0 Å². The van der Waals surface area contributed by atoms with Gasteiger partial charge in [0.25, 0.3) is 0 Å². The monoisotopic (exact) mass is 197 g/mol. The predicted molar refractivity (Wildman–Crippen MR) is 54.8 cm³/mol. The smallest absolute Gasteiger partial charge is 0.208 e. The van der Waals surface area contributed by atoms with Crippen molar-refractivity contribution in [3.8, 4) is 0 Å². The summed E-state index contributed by atoms with van der Waals surface area (Å²) < 4.78 is 0. The normalized spacial score (nSPS) is 11.7. The van der Waals surface area contributed by atoms with Gasteiger partial charge in [0.05, 0.1) is 11.9 Å². The lowest BCUT2D eigenvalue weighted by molar-refractivity contribution is 0.402. The van der Waals surface area contributed by atoms with Crippen LogP contribution in [0.25, 0.3) is 0 Å². The Kier molecular flexibility index (Phi) is 3.25. The zero-order valence-electron chi connectivity index (χ0n) is 8.53. The highest BCUT2D eigenvalue weighted by atomic mass is 32.2. The first-order valence-corrected chi connectivity index (χ1v) is 5.46. The van der Waals surface area contributed by atoms with Crippen LogP contribution in [0.3, 0.4) is 0 Å². The molecule has 0 amide bonds. The van der Waals surface area contributed by atoms with Gasteiger partial charge in [0, 0.05) is 0 Å². The molecule has 13 heavy (non-hydrogen) atoms. The zero-order valence-corrected chi connectivity index (χ0v) is 9.35. The van der Waals surface area contributed by atoms with Gasteiger partial charge < -0.3 is 0 Å². The van der Waals surface area contributed by atoms with Crippen molar-refractivity contribution in [2.75, 3.05) is 6.26 Å². The molecule has 0 aliphatic carbocycles. The lowest BCUT2D eigenvalue weighted by atomic mass is 9.91. The molecule has 1 heterocycles. The van der Waals surface area contributed by atoms with E-state index in [0.717, 1.165) is 17.3 Å². The number of hydrogen-bond donors (Lipinski definition) is 0. The summed E-state index contributed by atoms with van der Waals surface area (Å²) in [6.45, 7) is 6.53. The molecule has 1 rings (SSSR count). The van der Waals surface area contributed by atoms with Crippen molar-refractivity contribution in [3.05, 3.63) is 11.9 Å². The van der Waals surface area contributed by atoms with Crippen LogP contribution in [0.1, 0.15) is 26.5 Å². The number of nitrogens with zero attached hydrogens (tertiary/aromatic N) is 3. The zero-order chi connectivity index (χ0) is 9.90. The van der Waals surface area contributed by atoms with Crippen molar-refractivity contribution in [2.24, 2.45) is 5.41 Å². The van der Waals surface area contributed by atoms with E-state index in [9.17, 15) is 0 Å². The van der Waals surface area contributed by atoms with Crippen molar-refractivity contribution in [1.82, 2.24) is 15.2 Å². The van der Waals surface area contributed by atoms with E-state index in [1.54, 1.807) is 0 Å². The molecule has 0 fully saturated rings. The van der Waals surface area contributed by atoms with Gasteiger partial charge in [-0.15, -0.1) is 5.10 Å². The summed E-state index contributed by atoms with van der Waals surface area (Å²) in [6.07, 6.45) is 4.67. The first-order chi connectivity index (χ1) is 6.01. The summed E-state index contributed by atoms with van der Waals surface area (Å²) >= 11 is 1.51. The average Bonchev–Trinajstić information content (AvgIpc) is 2.03. The fourth-order valence-corrected chi connectivity index (χ4v) is 1.29. The fraction of sp³-hybridized carbons (Fsp3) is 0.667. The quantitative estimate of drug-likeness (QED) is 0.681. The minimum Gasteiger partial charge on any atom is -0.228 e. The molecule has 1 aromatic heterocycles. The Morgan fingerprint density at radius 1 is 1.31 bits per heavy atom. The molecule has 0 aliphatic rings. The molecule has 0 radical (unpaired) electrons. The molecule has 0 aliphatic heterocycles. The van der Waals surface area contributed by atoms with Crippen LogP contribution >= 0.6 is 11.8 Å². The minimum absolute atomic E-state index is 0.247. The lowest BCUT2D eigenvalue weighted by Crippen LogP contribution is -2.11. The summed E-state index contributed by atoms with van der Waals surface area (Å²) in [6, 6.07) is 0. The summed E-state index contributed by atoms with van der Waals surface area (Å²) in [5, 5.41) is 8.82. The number of thioether (sulfide) groups is 1. The molecule has 0 bridgehead atoms.